The second-order valence-corrected chi connectivity index (χ2v) is 8.20. The summed E-state index contributed by atoms with van der Waals surface area (Å²) in [4.78, 5) is 24.6. The predicted molar refractivity (Wildman–Crippen MR) is 125 cm³/mol. The second-order valence-electron chi connectivity index (χ2n) is 6.57. The van der Waals surface area contributed by atoms with Crippen LogP contribution in [0.15, 0.2) is 48.5 Å². The van der Waals surface area contributed by atoms with Gasteiger partial charge in [0.1, 0.15) is 11.5 Å². The molecule has 0 bridgehead atoms. The van der Waals surface area contributed by atoms with Crippen LogP contribution in [-0.4, -0.2) is 11.9 Å². The average Bonchev–Trinajstić information content (AvgIpc) is 2.70. The summed E-state index contributed by atoms with van der Waals surface area (Å²) in [7, 11) is 0. The molecule has 31 heavy (non-hydrogen) atoms. The van der Waals surface area contributed by atoms with Crippen LogP contribution >= 0.6 is 46.4 Å². The van der Waals surface area contributed by atoms with Crippen LogP contribution in [0.2, 0.25) is 20.1 Å². The molecule has 0 aliphatic rings. The van der Waals surface area contributed by atoms with Gasteiger partial charge in [-0.15, -0.1) is 0 Å². The van der Waals surface area contributed by atoms with E-state index in [-0.39, 0.29) is 10.6 Å². The number of nitrogens with one attached hydrogen (secondary N) is 2. The van der Waals surface area contributed by atoms with Gasteiger partial charge in [-0.3, -0.25) is 10.1 Å². The summed E-state index contributed by atoms with van der Waals surface area (Å²) in [6, 6.07) is 12.2. The molecule has 0 radical (unpaired) electrons. The van der Waals surface area contributed by atoms with E-state index in [1.54, 1.807) is 56.3 Å². The number of amides is 3. The van der Waals surface area contributed by atoms with Gasteiger partial charge in [-0.2, -0.15) is 0 Å². The van der Waals surface area contributed by atoms with Crippen molar-refractivity contribution >= 4 is 64.0 Å². The Labute approximate surface area is 199 Å². The Bertz CT molecular complexity index is 1180. The lowest BCUT2D eigenvalue weighted by Crippen LogP contribution is -2.34. The highest BCUT2D eigenvalue weighted by atomic mass is 35.5. The van der Waals surface area contributed by atoms with Crippen molar-refractivity contribution in [2.24, 2.45) is 0 Å². The van der Waals surface area contributed by atoms with E-state index in [1.807, 2.05) is 0 Å². The van der Waals surface area contributed by atoms with Crippen LogP contribution in [0.1, 0.15) is 21.5 Å². The summed E-state index contributed by atoms with van der Waals surface area (Å²) in [6.45, 7) is 3.48. The maximum atomic E-state index is 12.3. The van der Waals surface area contributed by atoms with E-state index in [0.717, 1.165) is 0 Å². The van der Waals surface area contributed by atoms with Crippen LogP contribution in [0.5, 0.6) is 11.5 Å². The molecule has 3 amide bonds. The lowest BCUT2D eigenvalue weighted by molar-refractivity contribution is 0.0967. The fraction of sp³-hybridized carbons (Fsp3) is 0.0909. The van der Waals surface area contributed by atoms with E-state index >= 15 is 0 Å². The van der Waals surface area contributed by atoms with E-state index in [9.17, 15) is 9.59 Å². The van der Waals surface area contributed by atoms with Crippen molar-refractivity contribution in [3.63, 3.8) is 0 Å². The zero-order chi connectivity index (χ0) is 22.7. The number of carbonyl (C=O) groups excluding carboxylic acids is 2. The van der Waals surface area contributed by atoms with E-state index in [0.29, 0.717) is 43.4 Å². The van der Waals surface area contributed by atoms with Gasteiger partial charge in [0, 0.05) is 10.7 Å². The third-order valence-electron chi connectivity index (χ3n) is 4.35. The molecule has 3 aromatic carbocycles. The van der Waals surface area contributed by atoms with E-state index in [4.69, 9.17) is 51.1 Å². The van der Waals surface area contributed by atoms with Crippen LogP contribution in [0.25, 0.3) is 0 Å². The zero-order valence-electron chi connectivity index (χ0n) is 16.4. The Hall–Kier alpha value is -2.44. The minimum atomic E-state index is -0.724. The van der Waals surface area contributed by atoms with Crippen LogP contribution in [0.3, 0.4) is 0 Å². The Morgan fingerprint density at radius 1 is 0.903 bits per heavy atom. The highest BCUT2D eigenvalue weighted by Crippen LogP contribution is 2.41. The van der Waals surface area contributed by atoms with Crippen LogP contribution in [0.4, 0.5) is 10.5 Å². The number of rotatable bonds is 4. The molecule has 0 heterocycles. The number of halogens is 4. The summed E-state index contributed by atoms with van der Waals surface area (Å²) in [5.41, 5.74) is 1.80. The molecule has 0 aliphatic heterocycles. The van der Waals surface area contributed by atoms with E-state index in [1.165, 1.54) is 6.07 Å². The fourth-order valence-electron chi connectivity index (χ4n) is 2.74. The van der Waals surface area contributed by atoms with Crippen molar-refractivity contribution in [3.05, 3.63) is 85.3 Å². The third kappa shape index (κ3) is 5.43. The average molecular weight is 498 g/mol. The van der Waals surface area contributed by atoms with Crippen LogP contribution in [-0.2, 0) is 0 Å². The largest absolute Gasteiger partial charge is 0.454 e. The smallest absolute Gasteiger partial charge is 0.326 e. The summed E-state index contributed by atoms with van der Waals surface area (Å²) in [5.74, 6) is 0.154. The van der Waals surface area contributed by atoms with Crippen molar-refractivity contribution in [2.45, 2.75) is 13.8 Å². The van der Waals surface area contributed by atoms with Crippen molar-refractivity contribution in [1.29, 1.82) is 0 Å². The molecule has 0 unspecified atom stereocenters. The number of urea groups is 1. The maximum absolute atomic E-state index is 12.3. The summed E-state index contributed by atoms with van der Waals surface area (Å²) >= 11 is 24.6. The summed E-state index contributed by atoms with van der Waals surface area (Å²) in [6.07, 6.45) is 0. The van der Waals surface area contributed by atoms with Gasteiger partial charge in [-0.05, 0) is 61.4 Å². The number of hydrogen-bond acceptors (Lipinski definition) is 3. The van der Waals surface area contributed by atoms with Gasteiger partial charge >= 0.3 is 6.03 Å². The molecule has 0 spiro atoms. The second kappa shape index (κ2) is 9.79. The van der Waals surface area contributed by atoms with Gasteiger partial charge < -0.3 is 10.1 Å². The summed E-state index contributed by atoms with van der Waals surface area (Å²) < 4.78 is 5.88. The predicted octanol–water partition coefficient (Wildman–Crippen LogP) is 7.67. The van der Waals surface area contributed by atoms with Gasteiger partial charge in [0.2, 0.25) is 0 Å². The van der Waals surface area contributed by atoms with Crippen LogP contribution < -0.4 is 15.4 Å². The first-order chi connectivity index (χ1) is 14.7. The quantitative estimate of drug-likeness (QED) is 0.388. The van der Waals surface area contributed by atoms with Crippen LogP contribution in [0, 0.1) is 13.8 Å². The Balaban J connectivity index is 1.79. The molecule has 9 heteroatoms. The molecule has 0 saturated heterocycles. The van der Waals surface area contributed by atoms with E-state index < -0.39 is 11.9 Å². The van der Waals surface area contributed by atoms with Gasteiger partial charge in [0.15, 0.2) is 0 Å². The minimum Gasteiger partial charge on any atom is -0.454 e. The molecule has 5 nitrogen and oxygen atoms in total. The fourth-order valence-corrected chi connectivity index (χ4v) is 3.70. The van der Waals surface area contributed by atoms with Gasteiger partial charge in [0.05, 0.1) is 20.6 Å². The monoisotopic (exact) mass is 496 g/mol. The lowest BCUT2D eigenvalue weighted by atomic mass is 10.1. The first-order valence-corrected chi connectivity index (χ1v) is 10.5. The normalized spacial score (nSPS) is 10.5. The standard InChI is InChI=1S/C22H16Cl4N2O3/c1-11-9-17(27-22(30)28-21(29)14-5-3-4-6-15(14)24)12(2)19(26)20(11)31-18-8-7-13(23)10-16(18)25/h3-10H,1-2H3,(H2,27,28,29,30). The molecule has 0 aliphatic carbocycles. The van der Waals surface area contributed by atoms with Crippen molar-refractivity contribution in [3.8, 4) is 11.5 Å². The highest BCUT2D eigenvalue weighted by molar-refractivity contribution is 6.36. The third-order valence-corrected chi connectivity index (χ3v) is 5.67. The number of hydrogen-bond donors (Lipinski definition) is 2. The minimum absolute atomic E-state index is 0.189. The molecular formula is C22H16Cl4N2O3. The molecule has 160 valence electrons. The molecule has 2 N–H and O–H groups in total. The van der Waals surface area contributed by atoms with Gasteiger partial charge in [0.25, 0.3) is 5.91 Å². The van der Waals surface area contributed by atoms with Gasteiger partial charge in [-0.25, -0.2) is 4.79 Å². The number of anilines is 1. The van der Waals surface area contributed by atoms with Crippen molar-refractivity contribution in [2.75, 3.05) is 5.32 Å². The molecule has 0 saturated carbocycles. The number of imide groups is 1. The molecular weight excluding hydrogens is 482 g/mol. The van der Waals surface area contributed by atoms with Gasteiger partial charge in [-0.1, -0.05) is 58.5 Å². The Morgan fingerprint density at radius 2 is 1.61 bits per heavy atom. The Kier molecular flexibility index (Phi) is 7.34. The highest BCUT2D eigenvalue weighted by Gasteiger charge is 2.18. The topological polar surface area (TPSA) is 67.4 Å². The molecule has 3 rings (SSSR count). The van der Waals surface area contributed by atoms with Crippen molar-refractivity contribution in [1.82, 2.24) is 5.32 Å². The number of aryl methyl sites for hydroxylation is 1. The lowest BCUT2D eigenvalue weighted by Gasteiger charge is -2.17. The summed E-state index contributed by atoms with van der Waals surface area (Å²) in [5, 5.41) is 6.21. The molecule has 3 aromatic rings. The maximum Gasteiger partial charge on any atom is 0.326 e. The first-order valence-electron chi connectivity index (χ1n) is 8.97. The van der Waals surface area contributed by atoms with Crippen molar-refractivity contribution < 1.29 is 14.3 Å². The Morgan fingerprint density at radius 3 is 2.29 bits per heavy atom. The SMILES string of the molecule is Cc1cc(NC(=O)NC(=O)c2ccccc2Cl)c(C)c(Cl)c1Oc1ccc(Cl)cc1Cl. The number of benzene rings is 3. The molecule has 0 aromatic heterocycles. The first kappa shape index (κ1) is 23.2. The van der Waals surface area contributed by atoms with E-state index in [2.05, 4.69) is 10.6 Å². The molecule has 0 fully saturated rings. The zero-order valence-corrected chi connectivity index (χ0v) is 19.4. The molecule has 0 atom stereocenters. The number of ether oxygens (including phenoxy) is 1. The number of carbonyl (C=O) groups is 2.